The van der Waals surface area contributed by atoms with Gasteiger partial charge in [0.05, 0.1) is 0 Å². The summed E-state index contributed by atoms with van der Waals surface area (Å²) in [6.45, 7) is 0. The number of nitrogens with zero attached hydrogens (tertiary/aromatic N) is 2. The van der Waals surface area contributed by atoms with Gasteiger partial charge in [-0.25, -0.2) is 4.98 Å². The number of hydrogen-bond acceptors (Lipinski definition) is 4. The van der Waals surface area contributed by atoms with Crippen LogP contribution in [-0.4, -0.2) is 16.1 Å². The highest BCUT2D eigenvalue weighted by Gasteiger charge is 2.37. The van der Waals surface area contributed by atoms with Crippen LogP contribution in [0.5, 0.6) is 5.88 Å². The number of nitrogens with one attached hydrogen (secondary N) is 1. The molecule has 0 spiro atoms. The van der Waals surface area contributed by atoms with Crippen molar-refractivity contribution in [3.8, 4) is 5.88 Å². The number of halogens is 4. The smallest absolute Gasteiger partial charge is 0.423 e. The maximum atomic E-state index is 13.1. The number of alkyl halides is 3. The average Bonchev–Trinajstić information content (AvgIpc) is 3.02. The van der Waals surface area contributed by atoms with Crippen LogP contribution in [0, 0.1) is 0 Å². The van der Waals surface area contributed by atoms with Gasteiger partial charge in [0.15, 0.2) is 0 Å². The predicted molar refractivity (Wildman–Crippen MR) is 84.7 cm³/mol. The number of anilines is 2. The number of hydrogen-bond donors (Lipinski definition) is 1. The van der Waals surface area contributed by atoms with Crippen molar-refractivity contribution < 1.29 is 17.9 Å². The van der Waals surface area contributed by atoms with Crippen molar-refractivity contribution in [1.29, 1.82) is 0 Å². The number of rotatable bonds is 4. The Morgan fingerprint density at radius 3 is 2.42 bits per heavy atom. The van der Waals surface area contributed by atoms with Crippen molar-refractivity contribution in [2.45, 2.75) is 38.0 Å². The Morgan fingerprint density at radius 1 is 1.12 bits per heavy atom. The molecule has 0 aliphatic heterocycles. The molecule has 8 heteroatoms. The molecule has 24 heavy (non-hydrogen) atoms. The van der Waals surface area contributed by atoms with Crippen molar-refractivity contribution >= 4 is 23.2 Å². The van der Waals surface area contributed by atoms with Gasteiger partial charge in [-0.15, -0.1) is 0 Å². The summed E-state index contributed by atoms with van der Waals surface area (Å²) in [5.74, 6) is -0.390. The van der Waals surface area contributed by atoms with Gasteiger partial charge in [-0.3, -0.25) is 0 Å². The van der Waals surface area contributed by atoms with Gasteiger partial charge in [0.2, 0.25) is 11.8 Å². The van der Waals surface area contributed by atoms with E-state index < -0.39 is 17.6 Å². The summed E-state index contributed by atoms with van der Waals surface area (Å²) in [6, 6.07) is 6.68. The third-order valence-corrected chi connectivity index (χ3v) is 3.99. The largest absolute Gasteiger partial charge is 0.474 e. The first-order chi connectivity index (χ1) is 11.4. The second kappa shape index (κ2) is 6.84. The summed E-state index contributed by atoms with van der Waals surface area (Å²) in [5.41, 5.74) is -0.345. The van der Waals surface area contributed by atoms with E-state index in [0.717, 1.165) is 31.9 Å². The first kappa shape index (κ1) is 16.8. The van der Waals surface area contributed by atoms with Gasteiger partial charge < -0.3 is 10.1 Å². The van der Waals surface area contributed by atoms with E-state index in [-0.39, 0.29) is 12.1 Å². The van der Waals surface area contributed by atoms with Gasteiger partial charge in [-0.05, 0) is 49.9 Å². The molecule has 1 aliphatic carbocycles. The highest BCUT2D eigenvalue weighted by Crippen LogP contribution is 2.37. The lowest BCUT2D eigenvalue weighted by Gasteiger charge is -2.17. The topological polar surface area (TPSA) is 47.0 Å². The van der Waals surface area contributed by atoms with Gasteiger partial charge in [0.1, 0.15) is 11.7 Å². The van der Waals surface area contributed by atoms with Gasteiger partial charge in [-0.1, -0.05) is 11.6 Å². The molecule has 0 bridgehead atoms. The SMILES string of the molecule is FC(F)(F)c1cnc(Nc2ccc(Cl)cc2)nc1OC1CCCC1. The fourth-order valence-electron chi connectivity index (χ4n) is 2.54. The van der Waals surface area contributed by atoms with Crippen LogP contribution in [-0.2, 0) is 6.18 Å². The lowest BCUT2D eigenvalue weighted by atomic mass is 10.3. The Bertz CT molecular complexity index is 701. The fourth-order valence-corrected chi connectivity index (χ4v) is 2.66. The van der Waals surface area contributed by atoms with Crippen LogP contribution in [0.1, 0.15) is 31.2 Å². The molecular formula is C16H15ClF3N3O. The molecule has 0 radical (unpaired) electrons. The van der Waals surface area contributed by atoms with Gasteiger partial charge >= 0.3 is 6.18 Å². The van der Waals surface area contributed by atoms with Gasteiger partial charge in [-0.2, -0.15) is 18.2 Å². The molecule has 128 valence electrons. The zero-order chi connectivity index (χ0) is 17.2. The number of ether oxygens (including phenoxy) is 1. The van der Waals surface area contributed by atoms with Crippen molar-refractivity contribution in [2.75, 3.05) is 5.32 Å². The Hall–Kier alpha value is -2.02. The van der Waals surface area contributed by atoms with Crippen LogP contribution in [0.3, 0.4) is 0 Å². The molecule has 3 rings (SSSR count). The normalized spacial score (nSPS) is 15.5. The first-order valence-corrected chi connectivity index (χ1v) is 7.93. The van der Waals surface area contributed by atoms with E-state index in [1.54, 1.807) is 24.3 Å². The molecule has 1 N–H and O–H groups in total. The predicted octanol–water partition coefficient (Wildman–Crippen LogP) is 5.21. The Kier molecular flexibility index (Phi) is 4.80. The Labute approximate surface area is 142 Å². The van der Waals surface area contributed by atoms with E-state index >= 15 is 0 Å². The summed E-state index contributed by atoms with van der Waals surface area (Å²) in [4.78, 5) is 7.67. The minimum Gasteiger partial charge on any atom is -0.474 e. The van der Waals surface area contributed by atoms with Crippen molar-refractivity contribution in [3.63, 3.8) is 0 Å². The summed E-state index contributed by atoms with van der Waals surface area (Å²) in [6.07, 6.45) is -0.672. The first-order valence-electron chi connectivity index (χ1n) is 7.55. The molecule has 1 saturated carbocycles. The van der Waals surface area contributed by atoms with Crippen molar-refractivity contribution in [2.24, 2.45) is 0 Å². The summed E-state index contributed by atoms with van der Waals surface area (Å²) < 4.78 is 44.9. The minimum absolute atomic E-state index is 0.0401. The molecule has 1 aromatic heterocycles. The molecule has 0 atom stereocenters. The monoisotopic (exact) mass is 357 g/mol. The maximum Gasteiger partial charge on any atom is 0.423 e. The van der Waals surface area contributed by atoms with Gasteiger partial charge in [0.25, 0.3) is 0 Å². The van der Waals surface area contributed by atoms with E-state index in [1.165, 1.54) is 0 Å². The van der Waals surface area contributed by atoms with Crippen LogP contribution in [0.2, 0.25) is 5.02 Å². The zero-order valence-corrected chi connectivity index (χ0v) is 13.4. The van der Waals surface area contributed by atoms with Gasteiger partial charge in [0, 0.05) is 16.9 Å². The molecule has 1 aromatic carbocycles. The summed E-state index contributed by atoms with van der Waals surface area (Å²) in [5, 5.41) is 3.40. The second-order valence-corrected chi connectivity index (χ2v) is 6.00. The molecule has 1 aliphatic rings. The van der Waals surface area contributed by atoms with Crippen LogP contribution < -0.4 is 10.1 Å². The quantitative estimate of drug-likeness (QED) is 0.815. The van der Waals surface area contributed by atoms with E-state index in [4.69, 9.17) is 16.3 Å². The third kappa shape index (κ3) is 4.08. The Morgan fingerprint density at radius 2 is 1.79 bits per heavy atom. The average molecular weight is 358 g/mol. The van der Waals surface area contributed by atoms with Crippen LogP contribution in [0.25, 0.3) is 0 Å². The highest BCUT2D eigenvalue weighted by atomic mass is 35.5. The molecule has 1 fully saturated rings. The third-order valence-electron chi connectivity index (χ3n) is 3.74. The zero-order valence-electron chi connectivity index (χ0n) is 12.6. The lowest BCUT2D eigenvalue weighted by molar-refractivity contribution is -0.139. The molecule has 0 saturated heterocycles. The van der Waals surface area contributed by atoms with E-state index in [0.29, 0.717) is 10.7 Å². The van der Waals surface area contributed by atoms with Crippen LogP contribution in [0.4, 0.5) is 24.8 Å². The molecular weight excluding hydrogens is 343 g/mol. The second-order valence-electron chi connectivity index (χ2n) is 5.57. The molecule has 2 aromatic rings. The fraction of sp³-hybridized carbons (Fsp3) is 0.375. The lowest BCUT2D eigenvalue weighted by Crippen LogP contribution is -2.17. The maximum absolute atomic E-state index is 13.1. The molecule has 4 nitrogen and oxygen atoms in total. The van der Waals surface area contributed by atoms with Crippen LogP contribution >= 0.6 is 11.6 Å². The van der Waals surface area contributed by atoms with Crippen molar-refractivity contribution in [1.82, 2.24) is 9.97 Å². The van der Waals surface area contributed by atoms with E-state index in [9.17, 15) is 13.2 Å². The summed E-state index contributed by atoms with van der Waals surface area (Å²) >= 11 is 5.80. The number of aromatic nitrogens is 2. The molecule has 0 unspecified atom stereocenters. The standard InChI is InChI=1S/C16H15ClF3N3O/c17-10-5-7-11(8-6-10)22-15-21-9-13(16(18,19)20)14(23-15)24-12-3-1-2-4-12/h5-9,12H,1-4H2,(H,21,22,23). The van der Waals surface area contributed by atoms with Crippen molar-refractivity contribution in [3.05, 3.63) is 41.0 Å². The van der Waals surface area contributed by atoms with Crippen LogP contribution in [0.15, 0.2) is 30.5 Å². The highest BCUT2D eigenvalue weighted by molar-refractivity contribution is 6.30. The molecule has 1 heterocycles. The summed E-state index contributed by atoms with van der Waals surface area (Å²) in [7, 11) is 0. The number of benzene rings is 1. The minimum atomic E-state index is -4.56. The molecule has 0 amide bonds. The van der Waals surface area contributed by atoms with E-state index in [2.05, 4.69) is 15.3 Å². The van der Waals surface area contributed by atoms with E-state index in [1.807, 2.05) is 0 Å². The Balaban J connectivity index is 1.86.